The van der Waals surface area contributed by atoms with Gasteiger partial charge in [0.1, 0.15) is 4.83 Å². The molecule has 2 aromatic heterocycles. The highest BCUT2D eigenvalue weighted by Crippen LogP contribution is 2.31. The van der Waals surface area contributed by atoms with Crippen molar-refractivity contribution in [2.45, 2.75) is 37.5 Å². The molecule has 0 spiro atoms. The summed E-state index contributed by atoms with van der Waals surface area (Å²) in [5.41, 5.74) is 1.06. The molecular weight excluding hydrogens is 392 g/mol. The van der Waals surface area contributed by atoms with Crippen LogP contribution >= 0.6 is 23.1 Å². The molecule has 9 heteroatoms. The number of carbonyl (C=O) groups excluding carboxylic acids is 1. The Morgan fingerprint density at radius 2 is 2.07 bits per heavy atom. The van der Waals surface area contributed by atoms with Gasteiger partial charge in [0.15, 0.2) is 0 Å². The SMILES string of the molecule is Cc1sc2ncn(CCC(=O)Nc3ccccc3SC(F)F)c(=O)c2c1C. The molecular formula is C18H17F2N3O2S2. The Hall–Kier alpha value is -2.26. The van der Waals surface area contributed by atoms with Gasteiger partial charge in [-0.3, -0.25) is 14.2 Å². The zero-order valence-corrected chi connectivity index (χ0v) is 16.3. The van der Waals surface area contributed by atoms with Crippen molar-refractivity contribution >= 4 is 44.9 Å². The third-order valence-electron chi connectivity index (χ3n) is 4.11. The Morgan fingerprint density at radius 3 is 2.81 bits per heavy atom. The van der Waals surface area contributed by atoms with Crippen LogP contribution in [0, 0.1) is 13.8 Å². The number of thioether (sulfide) groups is 1. The Bertz CT molecular complexity index is 1050. The van der Waals surface area contributed by atoms with Gasteiger partial charge in [0.2, 0.25) is 5.91 Å². The van der Waals surface area contributed by atoms with Gasteiger partial charge >= 0.3 is 0 Å². The molecule has 0 aliphatic heterocycles. The van der Waals surface area contributed by atoms with E-state index in [0.29, 0.717) is 32.6 Å². The fraction of sp³-hybridized carbons (Fsp3) is 0.278. The summed E-state index contributed by atoms with van der Waals surface area (Å²) in [6.45, 7) is 3.98. The average molecular weight is 409 g/mol. The minimum absolute atomic E-state index is 0.0307. The lowest BCUT2D eigenvalue weighted by molar-refractivity contribution is -0.116. The van der Waals surface area contributed by atoms with E-state index in [-0.39, 0.29) is 24.4 Å². The fourth-order valence-electron chi connectivity index (χ4n) is 2.63. The van der Waals surface area contributed by atoms with Crippen molar-refractivity contribution in [2.75, 3.05) is 5.32 Å². The number of aryl methyl sites for hydroxylation is 3. The summed E-state index contributed by atoms with van der Waals surface area (Å²) >= 11 is 1.84. The Kier molecular flexibility index (Phi) is 5.91. The summed E-state index contributed by atoms with van der Waals surface area (Å²) in [4.78, 5) is 31.2. The number of nitrogens with zero attached hydrogens (tertiary/aromatic N) is 2. The smallest absolute Gasteiger partial charge is 0.288 e. The molecule has 3 aromatic rings. The third kappa shape index (κ3) is 4.36. The van der Waals surface area contributed by atoms with Gasteiger partial charge < -0.3 is 5.32 Å². The van der Waals surface area contributed by atoms with Crippen LogP contribution in [0.25, 0.3) is 10.2 Å². The van der Waals surface area contributed by atoms with Crippen molar-refractivity contribution in [3.63, 3.8) is 0 Å². The average Bonchev–Trinajstić information content (AvgIpc) is 2.90. The van der Waals surface area contributed by atoms with Gasteiger partial charge in [-0.05, 0) is 31.5 Å². The molecule has 27 heavy (non-hydrogen) atoms. The van der Waals surface area contributed by atoms with E-state index >= 15 is 0 Å². The molecule has 0 saturated heterocycles. The summed E-state index contributed by atoms with van der Waals surface area (Å²) in [5, 5.41) is 3.21. The number of para-hydroxylation sites is 1. The van der Waals surface area contributed by atoms with Crippen LogP contribution in [0.1, 0.15) is 16.9 Å². The standard InChI is InChI=1S/C18H17F2N3O2S2/c1-10-11(2)26-16-15(10)17(25)23(9-21-16)8-7-14(24)22-12-5-3-4-6-13(12)27-18(19)20/h3-6,9,18H,7-8H2,1-2H3,(H,22,24). The largest absolute Gasteiger partial charge is 0.325 e. The highest BCUT2D eigenvalue weighted by atomic mass is 32.2. The molecule has 1 N–H and O–H groups in total. The maximum Gasteiger partial charge on any atom is 0.288 e. The molecule has 0 aliphatic rings. The molecule has 5 nitrogen and oxygen atoms in total. The topological polar surface area (TPSA) is 64.0 Å². The second kappa shape index (κ2) is 8.18. The molecule has 0 saturated carbocycles. The Balaban J connectivity index is 1.72. The van der Waals surface area contributed by atoms with Crippen LogP contribution < -0.4 is 10.9 Å². The summed E-state index contributed by atoms with van der Waals surface area (Å²) in [6.07, 6.45) is 1.47. The van der Waals surface area contributed by atoms with Crippen molar-refractivity contribution in [1.82, 2.24) is 9.55 Å². The monoisotopic (exact) mass is 409 g/mol. The van der Waals surface area contributed by atoms with Crippen LogP contribution in [0.5, 0.6) is 0 Å². The van der Waals surface area contributed by atoms with Crippen molar-refractivity contribution in [2.24, 2.45) is 0 Å². The Morgan fingerprint density at radius 1 is 1.33 bits per heavy atom. The number of alkyl halides is 2. The van der Waals surface area contributed by atoms with Crippen LogP contribution in [0.15, 0.2) is 40.3 Å². The number of halogens is 2. The molecule has 0 bridgehead atoms. The van der Waals surface area contributed by atoms with Gasteiger partial charge in [-0.1, -0.05) is 23.9 Å². The lowest BCUT2D eigenvalue weighted by Crippen LogP contribution is -2.23. The Labute approximate surface area is 162 Å². The predicted molar refractivity (Wildman–Crippen MR) is 105 cm³/mol. The van der Waals surface area contributed by atoms with Gasteiger partial charge in [-0.15, -0.1) is 11.3 Å². The number of carbonyl (C=O) groups is 1. The summed E-state index contributed by atoms with van der Waals surface area (Å²) < 4.78 is 26.6. The quantitative estimate of drug-likeness (QED) is 0.612. The highest BCUT2D eigenvalue weighted by molar-refractivity contribution is 7.99. The summed E-state index contributed by atoms with van der Waals surface area (Å²) in [7, 11) is 0. The van der Waals surface area contributed by atoms with Gasteiger partial charge in [-0.2, -0.15) is 8.78 Å². The second-order valence-corrected chi connectivity index (χ2v) is 8.11. The molecule has 0 unspecified atom stereocenters. The van der Waals surface area contributed by atoms with Crippen molar-refractivity contribution < 1.29 is 13.6 Å². The number of nitrogens with one attached hydrogen (secondary N) is 1. The predicted octanol–water partition coefficient (Wildman–Crippen LogP) is 4.42. The lowest BCUT2D eigenvalue weighted by atomic mass is 10.2. The third-order valence-corrected chi connectivity index (χ3v) is 6.02. The van der Waals surface area contributed by atoms with Crippen molar-refractivity contribution in [3.05, 3.63) is 51.4 Å². The first-order valence-electron chi connectivity index (χ1n) is 8.15. The number of aromatic nitrogens is 2. The molecule has 0 fully saturated rings. The van der Waals surface area contributed by atoms with E-state index in [2.05, 4.69) is 10.3 Å². The van der Waals surface area contributed by atoms with E-state index in [4.69, 9.17) is 0 Å². The normalized spacial score (nSPS) is 11.3. The maximum atomic E-state index is 12.6. The number of rotatable bonds is 6. The summed E-state index contributed by atoms with van der Waals surface area (Å²) in [5.74, 6) is -2.93. The molecule has 0 aliphatic carbocycles. The minimum atomic E-state index is -2.57. The summed E-state index contributed by atoms with van der Waals surface area (Å²) in [6, 6.07) is 6.39. The zero-order chi connectivity index (χ0) is 19.6. The maximum absolute atomic E-state index is 12.6. The first-order valence-corrected chi connectivity index (χ1v) is 9.85. The minimum Gasteiger partial charge on any atom is -0.325 e. The van der Waals surface area contributed by atoms with Gasteiger partial charge in [0, 0.05) is 22.7 Å². The number of thiophene rings is 1. The van der Waals surface area contributed by atoms with Crippen molar-refractivity contribution in [1.29, 1.82) is 0 Å². The number of anilines is 1. The van der Waals surface area contributed by atoms with Crippen LogP contribution in [-0.4, -0.2) is 21.2 Å². The van der Waals surface area contributed by atoms with E-state index in [9.17, 15) is 18.4 Å². The molecule has 2 heterocycles. The van der Waals surface area contributed by atoms with Gasteiger partial charge in [0.05, 0.1) is 17.4 Å². The first-order chi connectivity index (χ1) is 12.9. The molecule has 1 aromatic carbocycles. The molecule has 1 amide bonds. The first kappa shape index (κ1) is 19.5. The van der Waals surface area contributed by atoms with Crippen LogP contribution in [0.4, 0.5) is 14.5 Å². The number of hydrogen-bond donors (Lipinski definition) is 1. The van der Waals surface area contributed by atoms with Crippen LogP contribution in [-0.2, 0) is 11.3 Å². The number of benzene rings is 1. The van der Waals surface area contributed by atoms with Crippen LogP contribution in [0.2, 0.25) is 0 Å². The molecule has 142 valence electrons. The van der Waals surface area contributed by atoms with Gasteiger partial charge in [-0.25, -0.2) is 4.98 Å². The van der Waals surface area contributed by atoms with E-state index in [1.54, 1.807) is 18.2 Å². The lowest BCUT2D eigenvalue weighted by Gasteiger charge is -2.11. The fourth-order valence-corrected chi connectivity index (χ4v) is 4.22. The zero-order valence-electron chi connectivity index (χ0n) is 14.7. The van der Waals surface area contributed by atoms with E-state index in [1.807, 2.05) is 13.8 Å². The van der Waals surface area contributed by atoms with E-state index in [1.165, 1.54) is 28.3 Å². The van der Waals surface area contributed by atoms with Gasteiger partial charge in [0.25, 0.3) is 11.3 Å². The van der Waals surface area contributed by atoms with E-state index < -0.39 is 5.76 Å². The molecule has 0 radical (unpaired) electrons. The number of fused-ring (bicyclic) bond motifs is 1. The highest BCUT2D eigenvalue weighted by Gasteiger charge is 2.14. The van der Waals surface area contributed by atoms with Crippen molar-refractivity contribution in [3.8, 4) is 0 Å². The van der Waals surface area contributed by atoms with E-state index in [0.717, 1.165) is 10.4 Å². The van der Waals surface area contributed by atoms with Crippen LogP contribution in [0.3, 0.4) is 0 Å². The number of hydrogen-bond acceptors (Lipinski definition) is 5. The molecule has 3 rings (SSSR count). The number of amides is 1. The molecule has 0 atom stereocenters. The second-order valence-electron chi connectivity index (χ2n) is 5.88.